The highest BCUT2D eigenvalue weighted by molar-refractivity contribution is 7.92. The van der Waals surface area contributed by atoms with Gasteiger partial charge in [-0.2, -0.15) is 0 Å². The van der Waals surface area contributed by atoms with E-state index in [9.17, 15) is 18.3 Å². The van der Waals surface area contributed by atoms with Gasteiger partial charge in [0, 0.05) is 31.1 Å². The summed E-state index contributed by atoms with van der Waals surface area (Å²) in [6.45, 7) is 1.97. The lowest BCUT2D eigenvalue weighted by atomic mass is 10.1. The Morgan fingerprint density at radius 2 is 1.78 bits per heavy atom. The maximum absolute atomic E-state index is 13.4. The van der Waals surface area contributed by atoms with Gasteiger partial charge in [0.2, 0.25) is 5.88 Å². The summed E-state index contributed by atoms with van der Waals surface area (Å²) in [5.41, 5.74) is 1.02. The summed E-state index contributed by atoms with van der Waals surface area (Å²) in [7, 11) is -1.27. The van der Waals surface area contributed by atoms with E-state index in [1.807, 2.05) is 6.07 Å². The van der Waals surface area contributed by atoms with Crippen molar-refractivity contribution < 1.29 is 27.9 Å². The van der Waals surface area contributed by atoms with Crippen molar-refractivity contribution in [2.45, 2.75) is 73.4 Å². The fourth-order valence-corrected chi connectivity index (χ4v) is 7.57. The number of carbonyl (C=O) groups excluding carboxylic acids is 1. The number of hydrogen-bond donors (Lipinski definition) is 2. The molecule has 3 heterocycles. The number of anilines is 1. The third kappa shape index (κ3) is 6.53. The average Bonchev–Trinajstić information content (AvgIpc) is 3.63. The molecule has 0 bridgehead atoms. The molecule has 2 N–H and O–H groups in total. The minimum Gasteiger partial charge on any atom is -0.474 e. The third-order valence-electron chi connectivity index (χ3n) is 7.69. The number of hydrogen-bond acceptors (Lipinski definition) is 11. The van der Waals surface area contributed by atoms with Crippen molar-refractivity contribution in [2.75, 3.05) is 25.5 Å². The van der Waals surface area contributed by atoms with E-state index in [2.05, 4.69) is 32.4 Å². The molecule has 2 aromatic heterocycles. The molecule has 2 saturated carbocycles. The van der Waals surface area contributed by atoms with E-state index in [1.54, 1.807) is 18.2 Å². The van der Waals surface area contributed by atoms with E-state index < -0.39 is 21.8 Å². The molecule has 2 atom stereocenters. The largest absolute Gasteiger partial charge is 0.474 e. The smallest absolute Gasteiger partial charge is 0.280 e. The fraction of sp³-hybridized carbons (Fsp3) is 0.500. The maximum atomic E-state index is 13.4. The van der Waals surface area contributed by atoms with Crippen molar-refractivity contribution in [3.05, 3.63) is 42.0 Å². The monoisotopic (exact) mass is 599 g/mol. The number of likely N-dealkylation sites (tertiary alicyclic amines) is 1. The molecule has 11 nitrogen and oxygen atoms in total. The first-order chi connectivity index (χ1) is 19.7. The number of aromatic nitrogens is 2. The van der Waals surface area contributed by atoms with Gasteiger partial charge in [-0.15, -0.1) is 0 Å². The molecule has 41 heavy (non-hydrogen) atoms. The second-order valence-corrected chi connectivity index (χ2v) is 14.2. The average molecular weight is 600 g/mol. The van der Waals surface area contributed by atoms with Crippen LogP contribution in [-0.4, -0.2) is 83.7 Å². The van der Waals surface area contributed by atoms with Crippen LogP contribution in [0.4, 0.5) is 5.13 Å². The van der Waals surface area contributed by atoms with Gasteiger partial charge < -0.3 is 19.6 Å². The van der Waals surface area contributed by atoms with Gasteiger partial charge in [0.15, 0.2) is 20.7 Å². The molecule has 6 rings (SSSR count). The van der Waals surface area contributed by atoms with E-state index in [0.29, 0.717) is 59.0 Å². The maximum Gasteiger partial charge on any atom is 0.280 e. The summed E-state index contributed by atoms with van der Waals surface area (Å²) < 4.78 is 31.4. The molecule has 0 radical (unpaired) electrons. The van der Waals surface area contributed by atoms with Crippen LogP contribution in [0.1, 0.15) is 50.5 Å². The number of carbonyl (C=O) groups is 1. The second kappa shape index (κ2) is 11.6. The number of nitrogens with zero attached hydrogens (tertiary/aromatic N) is 4. The summed E-state index contributed by atoms with van der Waals surface area (Å²) >= 11 is 1.22. The van der Waals surface area contributed by atoms with Crippen LogP contribution in [0, 0.1) is 0 Å². The molecule has 1 aliphatic heterocycles. The van der Waals surface area contributed by atoms with Gasteiger partial charge in [-0.25, -0.2) is 18.4 Å². The highest BCUT2D eigenvalue weighted by Crippen LogP contribution is 2.34. The Balaban J connectivity index is 1.20. The number of fused-ring (bicyclic) bond motifs is 1. The number of nitrogens with one attached hydrogen (secondary N) is 1. The van der Waals surface area contributed by atoms with Gasteiger partial charge in [-0.1, -0.05) is 28.6 Å². The number of sulfone groups is 1. The first-order valence-electron chi connectivity index (χ1n) is 13.9. The zero-order valence-corrected chi connectivity index (χ0v) is 24.4. The van der Waals surface area contributed by atoms with Crippen LogP contribution in [0.15, 0.2) is 46.4 Å². The van der Waals surface area contributed by atoms with Gasteiger partial charge in [0.1, 0.15) is 22.6 Å². The number of benzene rings is 1. The van der Waals surface area contributed by atoms with Gasteiger partial charge in [0.05, 0.1) is 16.2 Å². The van der Waals surface area contributed by atoms with Gasteiger partial charge in [0.25, 0.3) is 5.91 Å². The first kappa shape index (κ1) is 28.0. The predicted molar refractivity (Wildman–Crippen MR) is 155 cm³/mol. The zero-order valence-electron chi connectivity index (χ0n) is 22.7. The normalized spacial score (nSPS) is 22.6. The highest BCUT2D eigenvalue weighted by atomic mass is 32.2. The van der Waals surface area contributed by atoms with Crippen molar-refractivity contribution in [1.29, 1.82) is 0 Å². The van der Waals surface area contributed by atoms with Crippen LogP contribution < -0.4 is 10.1 Å². The topological polar surface area (TPSA) is 143 Å². The lowest BCUT2D eigenvalue weighted by molar-refractivity contribution is -0.110. The Labute approximate surface area is 242 Å². The van der Waals surface area contributed by atoms with E-state index >= 15 is 0 Å². The van der Waals surface area contributed by atoms with E-state index in [1.165, 1.54) is 23.5 Å². The van der Waals surface area contributed by atoms with E-state index in [4.69, 9.17) is 9.57 Å². The number of thiazole rings is 1. The molecule has 3 aromatic rings. The molecule has 13 heteroatoms. The Bertz CT molecular complexity index is 1550. The Kier molecular flexibility index (Phi) is 7.94. The summed E-state index contributed by atoms with van der Waals surface area (Å²) in [5, 5.41) is 16.8. The van der Waals surface area contributed by atoms with Crippen molar-refractivity contribution in [3.63, 3.8) is 0 Å². The number of rotatable bonds is 9. The molecule has 0 spiro atoms. The molecular formula is C28H33N5O6S2. The number of piperidine rings is 1. The molecule has 3 aliphatic rings. The third-order valence-corrected chi connectivity index (χ3v) is 10.8. The first-order valence-corrected chi connectivity index (χ1v) is 16.3. The molecule has 218 valence electrons. The van der Waals surface area contributed by atoms with Crippen LogP contribution in [-0.2, 0) is 19.5 Å². The van der Waals surface area contributed by atoms with Crippen LogP contribution >= 0.6 is 11.3 Å². The molecule has 3 fully saturated rings. The lowest BCUT2D eigenvalue weighted by Crippen LogP contribution is -2.35. The molecule has 1 amide bonds. The number of amides is 1. The van der Waals surface area contributed by atoms with Gasteiger partial charge >= 0.3 is 0 Å². The minimum atomic E-state index is -3.37. The van der Waals surface area contributed by atoms with E-state index in [-0.39, 0.29) is 28.1 Å². The van der Waals surface area contributed by atoms with Crippen molar-refractivity contribution >= 4 is 48.3 Å². The fourth-order valence-electron chi connectivity index (χ4n) is 5.09. The van der Waals surface area contributed by atoms with Gasteiger partial charge in [-0.3, -0.25) is 10.1 Å². The van der Waals surface area contributed by atoms with E-state index in [0.717, 1.165) is 25.9 Å². The van der Waals surface area contributed by atoms with Crippen molar-refractivity contribution in [3.8, 4) is 5.88 Å². The number of ether oxygens (including phenoxy) is 1. The van der Waals surface area contributed by atoms with Crippen LogP contribution in [0.25, 0.3) is 10.3 Å². The highest BCUT2D eigenvalue weighted by Gasteiger charge is 2.37. The summed E-state index contributed by atoms with van der Waals surface area (Å²) in [5.74, 6) is -0.0209. The summed E-state index contributed by atoms with van der Waals surface area (Å²) in [6, 6.07) is 9.73. The number of aliphatic hydroxyl groups excluding tert-OH is 1. The molecule has 1 aromatic carbocycles. The molecule has 1 saturated heterocycles. The van der Waals surface area contributed by atoms with Crippen molar-refractivity contribution in [2.24, 2.45) is 5.16 Å². The number of oxime groups is 1. The Morgan fingerprint density at radius 1 is 1.02 bits per heavy atom. The molecule has 0 unspecified atom stereocenters. The second-order valence-electron chi connectivity index (χ2n) is 11.0. The van der Waals surface area contributed by atoms with Crippen molar-refractivity contribution in [1.82, 2.24) is 14.9 Å². The zero-order chi connectivity index (χ0) is 28.6. The Morgan fingerprint density at radius 3 is 2.46 bits per heavy atom. The summed E-state index contributed by atoms with van der Waals surface area (Å²) in [6.07, 6.45) is 4.25. The SMILES string of the molecule is CN1CCC(Oc2ccc3nc(NC(=O)/C(=N/O[C@@H]4CC[C@@H](O)C4)c4ccc(S(=O)(=O)C5CC5)cc4)sc3n2)CC1. The predicted octanol–water partition coefficient (Wildman–Crippen LogP) is 3.37. The number of aliphatic hydroxyl groups is 1. The van der Waals surface area contributed by atoms with Crippen LogP contribution in [0.5, 0.6) is 5.88 Å². The molecule has 2 aliphatic carbocycles. The van der Waals surface area contributed by atoms with Gasteiger partial charge in [-0.05, 0) is 63.8 Å². The summed E-state index contributed by atoms with van der Waals surface area (Å²) in [4.78, 5) is 31.3. The van der Waals surface area contributed by atoms with Crippen LogP contribution in [0.3, 0.4) is 0 Å². The van der Waals surface area contributed by atoms with Crippen LogP contribution in [0.2, 0.25) is 0 Å². The molecular weight excluding hydrogens is 566 g/mol. The quantitative estimate of drug-likeness (QED) is 0.279. The Hall–Kier alpha value is -3.13. The minimum absolute atomic E-state index is 0.0136. The standard InChI is InChI=1S/C28H33N5O6S2/c1-33-14-12-19(13-15-33)38-24-11-10-23-27(30-24)40-28(29-23)31-26(35)25(32-39-20-5-4-18(34)16-20)17-2-6-21(7-3-17)41(36,37)22-8-9-22/h2-3,6-7,10-11,18-20,22,34H,4-5,8-9,12-16H2,1H3,(H,29,31,35)/b32-25+/t18-,20-/m1/s1. The number of pyridine rings is 1. The lowest BCUT2D eigenvalue weighted by Gasteiger charge is -2.28.